The Morgan fingerprint density at radius 1 is 1.13 bits per heavy atom. The Morgan fingerprint density at radius 3 is 2.30 bits per heavy atom. The molecular formula is C26H33NO2S. The van der Waals surface area contributed by atoms with Gasteiger partial charge in [0.2, 0.25) is 10.0 Å². The maximum atomic E-state index is 13.8. The Hall–Kier alpha value is -2.17. The third-order valence-electron chi connectivity index (χ3n) is 5.76. The molecule has 30 heavy (non-hydrogen) atoms. The average molecular weight is 424 g/mol. The van der Waals surface area contributed by atoms with Crippen molar-refractivity contribution >= 4 is 16.1 Å². The van der Waals surface area contributed by atoms with Gasteiger partial charge >= 0.3 is 0 Å². The summed E-state index contributed by atoms with van der Waals surface area (Å²) in [7, 11) is -3.61. The second kappa shape index (κ2) is 8.91. The molecule has 2 aromatic carbocycles. The van der Waals surface area contributed by atoms with Gasteiger partial charge < -0.3 is 0 Å². The first-order chi connectivity index (χ1) is 14.1. The molecule has 0 unspecified atom stereocenters. The highest BCUT2D eigenvalue weighted by molar-refractivity contribution is 7.89. The fraction of sp³-hybridized carbons (Fsp3) is 0.385. The van der Waals surface area contributed by atoms with E-state index >= 15 is 0 Å². The van der Waals surface area contributed by atoms with Crippen LogP contribution < -0.4 is 0 Å². The predicted octanol–water partition coefficient (Wildman–Crippen LogP) is 6.06. The van der Waals surface area contributed by atoms with E-state index in [0.29, 0.717) is 10.8 Å². The molecule has 2 atom stereocenters. The zero-order valence-corrected chi connectivity index (χ0v) is 19.5. The highest BCUT2D eigenvalue weighted by Crippen LogP contribution is 2.41. The van der Waals surface area contributed by atoms with Crippen molar-refractivity contribution in [2.75, 3.05) is 0 Å². The van der Waals surface area contributed by atoms with Gasteiger partial charge in [-0.05, 0) is 61.8 Å². The highest BCUT2D eigenvalue weighted by Gasteiger charge is 2.47. The van der Waals surface area contributed by atoms with Gasteiger partial charge in [0, 0.05) is 6.04 Å². The van der Waals surface area contributed by atoms with Crippen LogP contribution in [0.1, 0.15) is 48.9 Å². The molecule has 3 rings (SSSR count). The summed E-state index contributed by atoms with van der Waals surface area (Å²) in [6, 6.07) is 13.7. The summed E-state index contributed by atoms with van der Waals surface area (Å²) >= 11 is 0. The van der Waals surface area contributed by atoms with Crippen LogP contribution in [-0.2, 0) is 10.0 Å². The Morgan fingerprint density at radius 2 is 1.73 bits per heavy atom. The Balaban J connectivity index is 1.94. The van der Waals surface area contributed by atoms with Crippen LogP contribution in [0.25, 0.3) is 6.08 Å². The zero-order chi connectivity index (χ0) is 22.1. The number of nitrogens with zero attached hydrogens (tertiary/aromatic N) is 1. The van der Waals surface area contributed by atoms with Gasteiger partial charge in [-0.15, -0.1) is 0 Å². The lowest BCUT2D eigenvalue weighted by atomic mass is 9.86. The molecule has 0 bridgehead atoms. The molecule has 2 aromatic rings. The largest absolute Gasteiger partial charge is 0.244 e. The maximum absolute atomic E-state index is 13.8. The van der Waals surface area contributed by atoms with Gasteiger partial charge in [0.1, 0.15) is 0 Å². The monoisotopic (exact) mass is 423 g/mol. The Kier molecular flexibility index (Phi) is 6.68. The van der Waals surface area contributed by atoms with E-state index in [-0.39, 0.29) is 12.1 Å². The topological polar surface area (TPSA) is 37.4 Å². The zero-order valence-electron chi connectivity index (χ0n) is 18.7. The molecule has 3 nitrogen and oxygen atoms in total. The van der Waals surface area contributed by atoms with E-state index < -0.39 is 10.0 Å². The van der Waals surface area contributed by atoms with Crippen LogP contribution in [0, 0.1) is 26.7 Å². The molecule has 0 amide bonds. The summed E-state index contributed by atoms with van der Waals surface area (Å²) in [5, 5.41) is 0. The van der Waals surface area contributed by atoms with Crippen molar-refractivity contribution in [3.05, 3.63) is 82.9 Å². The summed E-state index contributed by atoms with van der Waals surface area (Å²) in [6.07, 6.45) is 5.64. The van der Waals surface area contributed by atoms with Gasteiger partial charge in [-0.25, -0.2) is 8.42 Å². The lowest BCUT2D eigenvalue weighted by molar-refractivity contribution is 0.119. The van der Waals surface area contributed by atoms with Crippen molar-refractivity contribution in [2.24, 2.45) is 5.92 Å². The second-order valence-electron chi connectivity index (χ2n) is 8.92. The summed E-state index contributed by atoms with van der Waals surface area (Å²) in [5.74, 6) is 0.432. The molecule has 0 N–H and O–H groups in total. The van der Waals surface area contributed by atoms with Crippen LogP contribution in [0.3, 0.4) is 0 Å². The van der Waals surface area contributed by atoms with Gasteiger partial charge in [-0.3, -0.25) is 0 Å². The molecule has 0 saturated carbocycles. The van der Waals surface area contributed by atoms with Gasteiger partial charge in [-0.2, -0.15) is 4.31 Å². The third kappa shape index (κ3) is 4.60. The van der Waals surface area contributed by atoms with Gasteiger partial charge in [0.15, 0.2) is 0 Å². The SMILES string of the molecule is C=C(/C=C/c1ccccc1)[C@@H]1C[C@H](CC(C)C)N1S(=O)(=O)c1c(C)cc(C)cc1C. The molecule has 160 valence electrons. The summed E-state index contributed by atoms with van der Waals surface area (Å²) in [6.45, 7) is 14.3. The van der Waals surface area contributed by atoms with E-state index in [1.54, 1.807) is 4.31 Å². The lowest BCUT2D eigenvalue weighted by Crippen LogP contribution is -2.59. The van der Waals surface area contributed by atoms with Gasteiger partial charge in [0.25, 0.3) is 0 Å². The van der Waals surface area contributed by atoms with Crippen LogP contribution in [0.2, 0.25) is 0 Å². The van der Waals surface area contributed by atoms with Crippen molar-refractivity contribution in [3.63, 3.8) is 0 Å². The number of benzene rings is 2. The van der Waals surface area contributed by atoms with Crippen LogP contribution in [0.15, 0.2) is 65.6 Å². The molecule has 1 heterocycles. The summed E-state index contributed by atoms with van der Waals surface area (Å²) < 4.78 is 29.3. The molecule has 0 radical (unpaired) electrons. The van der Waals surface area contributed by atoms with Crippen LogP contribution >= 0.6 is 0 Å². The Labute approximate surface area is 182 Å². The first-order valence-electron chi connectivity index (χ1n) is 10.6. The number of hydrogen-bond donors (Lipinski definition) is 0. The van der Waals surface area contributed by atoms with Crippen molar-refractivity contribution in [1.29, 1.82) is 0 Å². The van der Waals surface area contributed by atoms with Crippen LogP contribution in [0.5, 0.6) is 0 Å². The van der Waals surface area contributed by atoms with E-state index in [1.165, 1.54) is 0 Å². The normalized spacial score (nSPS) is 19.9. The fourth-order valence-corrected chi connectivity index (χ4v) is 6.83. The minimum absolute atomic E-state index is 0.0157. The first kappa shape index (κ1) is 22.5. The minimum atomic E-state index is -3.61. The van der Waals surface area contributed by atoms with Crippen molar-refractivity contribution in [1.82, 2.24) is 4.31 Å². The number of hydrogen-bond acceptors (Lipinski definition) is 2. The fourth-order valence-electron chi connectivity index (χ4n) is 4.56. The van der Waals surface area contributed by atoms with Crippen molar-refractivity contribution in [3.8, 4) is 0 Å². The average Bonchev–Trinajstić information content (AvgIpc) is 2.62. The maximum Gasteiger partial charge on any atom is 0.244 e. The molecule has 0 aliphatic carbocycles. The van der Waals surface area contributed by atoms with E-state index in [1.807, 2.05) is 75.4 Å². The minimum Gasteiger partial charge on any atom is -0.207 e. The third-order valence-corrected chi connectivity index (χ3v) is 8.03. The van der Waals surface area contributed by atoms with Crippen LogP contribution in [0.4, 0.5) is 0 Å². The smallest absolute Gasteiger partial charge is 0.207 e. The first-order valence-corrected chi connectivity index (χ1v) is 12.1. The molecule has 1 aliphatic rings. The summed E-state index contributed by atoms with van der Waals surface area (Å²) in [5.41, 5.74) is 4.62. The van der Waals surface area contributed by atoms with E-state index in [0.717, 1.165) is 40.7 Å². The van der Waals surface area contributed by atoms with E-state index in [9.17, 15) is 8.42 Å². The number of aryl methyl sites for hydroxylation is 3. The van der Waals surface area contributed by atoms with Gasteiger partial charge in [0.05, 0.1) is 10.9 Å². The molecule has 1 aliphatic heterocycles. The quantitative estimate of drug-likeness (QED) is 0.508. The van der Waals surface area contributed by atoms with E-state index in [4.69, 9.17) is 0 Å². The lowest BCUT2D eigenvalue weighted by Gasteiger charge is -2.48. The van der Waals surface area contributed by atoms with Crippen molar-refractivity contribution in [2.45, 2.75) is 64.4 Å². The number of sulfonamides is 1. The molecule has 0 aromatic heterocycles. The van der Waals surface area contributed by atoms with Crippen LogP contribution in [-0.4, -0.2) is 24.8 Å². The molecule has 1 saturated heterocycles. The second-order valence-corrected chi connectivity index (χ2v) is 10.7. The standard InChI is InChI=1S/C26H33NO2S/c1-18(2)14-24-17-25(20(4)12-13-23-10-8-7-9-11-23)27(24)30(28,29)26-21(5)15-19(3)16-22(26)6/h7-13,15-16,18,24-25H,4,14,17H2,1-3,5-6H3/b13-12+/t24-,25-/m0/s1. The number of rotatable bonds is 7. The highest BCUT2D eigenvalue weighted by atomic mass is 32.2. The van der Waals surface area contributed by atoms with Crippen molar-refractivity contribution < 1.29 is 8.42 Å². The Bertz CT molecular complexity index is 1030. The molecule has 0 spiro atoms. The summed E-state index contributed by atoms with van der Waals surface area (Å²) in [4.78, 5) is 0.450. The molecule has 1 fully saturated rings. The van der Waals surface area contributed by atoms with Gasteiger partial charge in [-0.1, -0.05) is 80.6 Å². The predicted molar refractivity (Wildman–Crippen MR) is 126 cm³/mol. The van der Waals surface area contributed by atoms with E-state index in [2.05, 4.69) is 20.4 Å². The molecule has 4 heteroatoms. The molecular weight excluding hydrogens is 390 g/mol.